The van der Waals surface area contributed by atoms with Gasteiger partial charge in [-0.3, -0.25) is 0 Å². The van der Waals surface area contributed by atoms with Crippen molar-refractivity contribution in [3.8, 4) is 0 Å². The van der Waals surface area contributed by atoms with Gasteiger partial charge in [-0.2, -0.15) is 29.7 Å². The van der Waals surface area contributed by atoms with E-state index in [-0.39, 0.29) is 42.6 Å². The molecule has 0 aromatic rings. The summed E-state index contributed by atoms with van der Waals surface area (Å²) in [5.74, 6) is 0. The molecular weight excluding hydrogens is 121 g/mol. The van der Waals surface area contributed by atoms with Gasteiger partial charge in [-0.25, -0.2) is 0 Å². The number of rotatable bonds is 0. The molecule has 0 aromatic carbocycles. The van der Waals surface area contributed by atoms with E-state index in [0.717, 1.165) is 0 Å². The molecule has 0 fully saturated rings. The van der Waals surface area contributed by atoms with Crippen LogP contribution in [0.5, 0.6) is 0 Å². The third-order valence-corrected chi connectivity index (χ3v) is 0. The van der Waals surface area contributed by atoms with Gasteiger partial charge < -0.3 is 5.48 Å². The van der Waals surface area contributed by atoms with E-state index in [1.807, 2.05) is 0 Å². The molecule has 0 bridgehead atoms. The van der Waals surface area contributed by atoms with Gasteiger partial charge in [-0.15, -0.1) is 0 Å². The summed E-state index contributed by atoms with van der Waals surface area (Å²) in [7, 11) is 0. The van der Waals surface area contributed by atoms with Gasteiger partial charge in [0, 0.05) is 0 Å². The van der Waals surface area contributed by atoms with Crippen LogP contribution in [0.2, 0.25) is 0 Å². The van der Waals surface area contributed by atoms with Crippen LogP contribution in [0.3, 0.4) is 0 Å². The van der Waals surface area contributed by atoms with E-state index in [4.69, 9.17) is 0 Å². The highest BCUT2D eigenvalue weighted by Crippen LogP contribution is 0.863. The predicted molar refractivity (Wildman–Crippen MR) is 43.7 cm³/mol. The Hall–Kier alpha value is 1.25. The van der Waals surface area contributed by atoms with Crippen molar-refractivity contribution in [2.24, 2.45) is 0 Å². The molecule has 3 atom stereocenters. The monoisotopic (exact) mass is 136 g/mol. The van der Waals surface area contributed by atoms with Crippen LogP contribution < -0.4 is 0 Å². The summed E-state index contributed by atoms with van der Waals surface area (Å²) in [6.07, 6.45) is 0. The molecule has 0 heterocycles. The zero-order valence-corrected chi connectivity index (χ0v) is 6.86. The van der Waals surface area contributed by atoms with Gasteiger partial charge in [0.25, 0.3) is 0 Å². The van der Waals surface area contributed by atoms with E-state index in [9.17, 15) is 0 Å². The van der Waals surface area contributed by atoms with Crippen molar-refractivity contribution in [3.05, 3.63) is 0 Å². The lowest BCUT2D eigenvalue weighted by atomic mass is 12.0. The van der Waals surface area contributed by atoms with Crippen LogP contribution in [0.15, 0.2) is 0 Å². The van der Waals surface area contributed by atoms with Crippen LogP contribution in [-0.4, -0.2) is 5.48 Å². The standard InChI is InChI=1S/CH4.H2O.3H3P/h1H4;1H2;3*1H3. The highest BCUT2D eigenvalue weighted by molar-refractivity contribution is 6.92. The fourth-order valence-corrected chi connectivity index (χ4v) is 0. The molecule has 0 rings (SSSR count). The van der Waals surface area contributed by atoms with Crippen molar-refractivity contribution in [1.82, 2.24) is 0 Å². The Morgan fingerprint density at radius 3 is 0.600 bits per heavy atom. The summed E-state index contributed by atoms with van der Waals surface area (Å²) in [6.45, 7) is 0. The van der Waals surface area contributed by atoms with Gasteiger partial charge in [0.05, 0.1) is 0 Å². The van der Waals surface area contributed by atoms with Crippen molar-refractivity contribution in [2.45, 2.75) is 7.43 Å². The van der Waals surface area contributed by atoms with Gasteiger partial charge in [0.15, 0.2) is 0 Å². The summed E-state index contributed by atoms with van der Waals surface area (Å²) in [5, 5.41) is 0. The van der Waals surface area contributed by atoms with Gasteiger partial charge >= 0.3 is 0 Å². The van der Waals surface area contributed by atoms with Gasteiger partial charge in [0.1, 0.15) is 0 Å². The Kier molecular flexibility index (Phi) is 1340. The van der Waals surface area contributed by atoms with Gasteiger partial charge in [0.2, 0.25) is 0 Å². The normalized spacial score (nSPS) is 0. The first-order valence-electron chi connectivity index (χ1n) is 0. The maximum absolute atomic E-state index is 0. The zero-order chi connectivity index (χ0) is 0. The van der Waals surface area contributed by atoms with Gasteiger partial charge in [-0.05, 0) is 0 Å². The minimum absolute atomic E-state index is 0. The molecular formula is CH15OP3. The third-order valence-electron chi connectivity index (χ3n) is 0. The first kappa shape index (κ1) is 110. The van der Waals surface area contributed by atoms with Crippen molar-refractivity contribution in [3.63, 3.8) is 0 Å². The van der Waals surface area contributed by atoms with Crippen LogP contribution in [0.1, 0.15) is 7.43 Å². The van der Waals surface area contributed by atoms with E-state index < -0.39 is 0 Å². The highest BCUT2D eigenvalue weighted by atomic mass is 31.0. The largest absolute Gasteiger partial charge is 0.412 e. The molecule has 0 aliphatic heterocycles. The second kappa shape index (κ2) is 60.7. The molecule has 3 unspecified atom stereocenters. The molecule has 0 saturated carbocycles. The Balaban J connectivity index is 0. The van der Waals surface area contributed by atoms with Crippen LogP contribution in [-0.2, 0) is 0 Å². The summed E-state index contributed by atoms with van der Waals surface area (Å²) >= 11 is 0. The average Bonchev–Trinajstić information content (AvgIpc) is 0. The van der Waals surface area contributed by atoms with Crippen molar-refractivity contribution in [1.29, 1.82) is 0 Å². The second-order valence-corrected chi connectivity index (χ2v) is 0. The number of hydrogen-bond acceptors (Lipinski definition) is 0. The van der Waals surface area contributed by atoms with Crippen LogP contribution in [0.4, 0.5) is 0 Å². The lowest BCUT2D eigenvalue weighted by Gasteiger charge is -0.412. The first-order chi connectivity index (χ1) is 0. The summed E-state index contributed by atoms with van der Waals surface area (Å²) in [4.78, 5) is 0. The Morgan fingerprint density at radius 2 is 0.600 bits per heavy atom. The molecule has 0 spiro atoms. The quantitative estimate of drug-likeness (QED) is 0.419. The lowest BCUT2D eigenvalue weighted by Crippen LogP contribution is -0.289. The van der Waals surface area contributed by atoms with E-state index in [0.29, 0.717) is 0 Å². The second-order valence-electron chi connectivity index (χ2n) is 0. The Bertz CT molecular complexity index is 6.85. The fraction of sp³-hybridized carbons (Fsp3) is 1.00. The zero-order valence-electron chi connectivity index (χ0n) is 2.62. The van der Waals surface area contributed by atoms with E-state index in [2.05, 4.69) is 0 Å². The third kappa shape index (κ3) is 35.5. The smallest absolute Gasteiger partial charge is 0.0776 e. The molecule has 0 aliphatic carbocycles. The molecule has 5 heavy (non-hydrogen) atoms. The average molecular weight is 136 g/mol. The molecule has 0 amide bonds. The molecule has 1 nitrogen and oxygen atoms in total. The minimum atomic E-state index is 0. The van der Waals surface area contributed by atoms with E-state index >= 15 is 0 Å². The van der Waals surface area contributed by atoms with Crippen LogP contribution in [0, 0.1) is 0 Å². The van der Waals surface area contributed by atoms with Gasteiger partial charge in [-0.1, -0.05) is 7.43 Å². The predicted octanol–water partition coefficient (Wildman–Crippen LogP) is -0.0143. The maximum Gasteiger partial charge on any atom is -0.0776 e. The first-order valence-corrected chi connectivity index (χ1v) is 0. The van der Waals surface area contributed by atoms with Crippen molar-refractivity contribution >= 4 is 29.7 Å². The summed E-state index contributed by atoms with van der Waals surface area (Å²) < 4.78 is 0. The molecule has 2 N–H and O–H groups in total. The van der Waals surface area contributed by atoms with E-state index in [1.54, 1.807) is 0 Å². The van der Waals surface area contributed by atoms with Crippen LogP contribution in [0.25, 0.3) is 0 Å². The highest BCUT2D eigenvalue weighted by Gasteiger charge is -0.0775. The molecule has 0 aliphatic rings. The number of hydrogen-bond donors (Lipinski definition) is 0. The lowest BCUT2D eigenvalue weighted by molar-refractivity contribution is 0.824. The van der Waals surface area contributed by atoms with Crippen molar-refractivity contribution < 1.29 is 5.48 Å². The SMILES string of the molecule is C.O.P.P.P. The molecule has 40 valence electrons. The Morgan fingerprint density at radius 1 is 0.600 bits per heavy atom. The molecule has 0 radical (unpaired) electrons. The van der Waals surface area contributed by atoms with Crippen molar-refractivity contribution in [2.75, 3.05) is 0 Å². The maximum atomic E-state index is 0. The molecule has 0 saturated heterocycles. The molecule has 0 aromatic heterocycles. The topological polar surface area (TPSA) is 31.5 Å². The molecule has 4 heteroatoms. The van der Waals surface area contributed by atoms with E-state index in [1.165, 1.54) is 0 Å². The Labute approximate surface area is 43.5 Å². The summed E-state index contributed by atoms with van der Waals surface area (Å²) in [5.41, 5.74) is 0. The fourth-order valence-electron chi connectivity index (χ4n) is 0. The minimum Gasteiger partial charge on any atom is -0.412 e. The summed E-state index contributed by atoms with van der Waals surface area (Å²) in [6, 6.07) is 0. The van der Waals surface area contributed by atoms with Crippen LogP contribution >= 0.6 is 29.7 Å².